The van der Waals surface area contributed by atoms with Crippen LogP contribution in [0.5, 0.6) is 5.75 Å². The van der Waals surface area contributed by atoms with Crippen LogP contribution in [0.4, 0.5) is 13.2 Å². The van der Waals surface area contributed by atoms with Crippen molar-refractivity contribution in [2.24, 2.45) is 0 Å². The number of halogens is 4. The molecule has 0 saturated carbocycles. The van der Waals surface area contributed by atoms with Crippen molar-refractivity contribution in [2.45, 2.75) is 6.43 Å². The molecule has 0 aromatic carbocycles. The minimum absolute atomic E-state index is 0.539. The van der Waals surface area contributed by atoms with E-state index in [4.69, 9.17) is 16.7 Å². The quantitative estimate of drug-likeness (QED) is 0.620. The molecule has 0 bridgehead atoms. The van der Waals surface area contributed by atoms with E-state index in [2.05, 4.69) is 4.98 Å². The molecule has 76 valence electrons. The fraction of sp³-hybridized carbons (Fsp3) is 0.143. The van der Waals surface area contributed by atoms with E-state index in [1.54, 1.807) is 0 Å². The Morgan fingerprint density at radius 2 is 2.14 bits per heavy atom. The molecule has 7 heteroatoms. The Hall–Kier alpha value is -1.30. The Morgan fingerprint density at radius 3 is 2.50 bits per heavy atom. The Bertz CT molecular complexity index is 383. The maximum atomic E-state index is 12.7. The molecule has 14 heavy (non-hydrogen) atoms. The monoisotopic (exact) mass is 225 g/mol. The molecule has 0 aliphatic heterocycles. The van der Waals surface area contributed by atoms with E-state index >= 15 is 0 Å². The molecule has 3 nitrogen and oxygen atoms in total. The number of carbonyl (C=O) groups is 1. The van der Waals surface area contributed by atoms with Gasteiger partial charge in [0.15, 0.2) is 0 Å². The number of pyridine rings is 1. The van der Waals surface area contributed by atoms with Gasteiger partial charge in [-0.05, 0) is 11.6 Å². The number of nitrogens with zero attached hydrogens (tertiary/aromatic N) is 1. The van der Waals surface area contributed by atoms with Crippen LogP contribution in [-0.4, -0.2) is 15.3 Å². The number of rotatable bonds is 2. The molecule has 0 amide bonds. The van der Waals surface area contributed by atoms with Crippen molar-refractivity contribution < 1.29 is 23.1 Å². The lowest BCUT2D eigenvalue weighted by atomic mass is 10.1. The van der Waals surface area contributed by atoms with Gasteiger partial charge in [-0.1, -0.05) is 0 Å². The van der Waals surface area contributed by atoms with Crippen LogP contribution in [0.25, 0.3) is 0 Å². The topological polar surface area (TPSA) is 50.2 Å². The Kier molecular flexibility index (Phi) is 2.95. The molecule has 0 aliphatic rings. The van der Waals surface area contributed by atoms with Crippen molar-refractivity contribution in [2.75, 3.05) is 0 Å². The lowest BCUT2D eigenvalue weighted by Gasteiger charge is -2.06. The third kappa shape index (κ3) is 1.79. The summed E-state index contributed by atoms with van der Waals surface area (Å²) in [5.41, 5.74) is -2.24. The SMILES string of the molecule is O=C(Cl)c1c(O)cnc(F)c1C(F)F. The van der Waals surface area contributed by atoms with E-state index < -0.39 is 34.5 Å². The van der Waals surface area contributed by atoms with Crippen LogP contribution < -0.4 is 0 Å². The van der Waals surface area contributed by atoms with E-state index in [1.165, 1.54) is 0 Å². The van der Waals surface area contributed by atoms with Crippen LogP contribution in [0.2, 0.25) is 0 Å². The summed E-state index contributed by atoms with van der Waals surface area (Å²) in [7, 11) is 0. The molecule has 1 heterocycles. The molecular weight excluding hydrogens is 223 g/mol. The maximum Gasteiger partial charge on any atom is 0.269 e. The molecule has 0 spiro atoms. The summed E-state index contributed by atoms with van der Waals surface area (Å²) in [4.78, 5) is 13.5. The highest BCUT2D eigenvalue weighted by Gasteiger charge is 2.26. The highest BCUT2D eigenvalue weighted by molar-refractivity contribution is 6.68. The first-order chi connectivity index (χ1) is 6.45. The predicted molar refractivity (Wildman–Crippen MR) is 41.0 cm³/mol. The average molecular weight is 226 g/mol. The summed E-state index contributed by atoms with van der Waals surface area (Å²) in [6, 6.07) is 0. The van der Waals surface area contributed by atoms with Crippen LogP contribution in [0.3, 0.4) is 0 Å². The summed E-state index contributed by atoms with van der Waals surface area (Å²) < 4.78 is 37.2. The summed E-state index contributed by atoms with van der Waals surface area (Å²) >= 11 is 4.90. The molecular formula is C7H3ClF3NO2. The van der Waals surface area contributed by atoms with Crippen LogP contribution in [0, 0.1) is 5.95 Å². The van der Waals surface area contributed by atoms with E-state index in [0.29, 0.717) is 6.20 Å². The van der Waals surface area contributed by atoms with Gasteiger partial charge in [0.25, 0.3) is 11.7 Å². The molecule has 0 saturated heterocycles. The number of aromatic hydroxyl groups is 1. The number of aromatic nitrogens is 1. The van der Waals surface area contributed by atoms with Crippen LogP contribution >= 0.6 is 11.6 Å². The lowest BCUT2D eigenvalue weighted by Crippen LogP contribution is -2.04. The van der Waals surface area contributed by atoms with Gasteiger partial charge in [-0.25, -0.2) is 13.8 Å². The predicted octanol–water partition coefficient (Wildman–Crippen LogP) is 2.24. The summed E-state index contributed by atoms with van der Waals surface area (Å²) in [6.45, 7) is 0. The molecule has 0 unspecified atom stereocenters. The highest BCUT2D eigenvalue weighted by Crippen LogP contribution is 2.31. The van der Waals surface area contributed by atoms with Crippen molar-refractivity contribution in [1.82, 2.24) is 4.98 Å². The first-order valence-corrected chi connectivity index (χ1v) is 3.68. The summed E-state index contributed by atoms with van der Waals surface area (Å²) in [6.07, 6.45) is -2.73. The largest absolute Gasteiger partial charge is 0.506 e. The normalized spacial score (nSPS) is 10.6. The fourth-order valence-electron chi connectivity index (χ4n) is 0.899. The zero-order chi connectivity index (χ0) is 10.9. The zero-order valence-electron chi connectivity index (χ0n) is 6.47. The first-order valence-electron chi connectivity index (χ1n) is 3.30. The van der Waals surface area contributed by atoms with Gasteiger partial charge in [0.05, 0.1) is 17.3 Å². The molecule has 1 aromatic rings. The van der Waals surface area contributed by atoms with Crippen molar-refractivity contribution >= 4 is 16.8 Å². The van der Waals surface area contributed by atoms with Gasteiger partial charge in [-0.3, -0.25) is 4.79 Å². The van der Waals surface area contributed by atoms with Crippen LogP contribution in [-0.2, 0) is 0 Å². The Morgan fingerprint density at radius 1 is 1.57 bits per heavy atom. The summed E-state index contributed by atoms with van der Waals surface area (Å²) in [5.74, 6) is -2.40. The van der Waals surface area contributed by atoms with E-state index in [9.17, 15) is 18.0 Å². The van der Waals surface area contributed by atoms with Gasteiger partial charge in [-0.2, -0.15) is 4.39 Å². The van der Waals surface area contributed by atoms with Crippen LogP contribution in [0.15, 0.2) is 6.20 Å². The first kappa shape index (κ1) is 10.8. The standard InChI is InChI=1S/C7H3ClF3NO2/c8-5(14)3-2(13)1-12-7(11)4(3)6(9)10/h1,6,13H. The minimum atomic E-state index is -3.27. The zero-order valence-corrected chi connectivity index (χ0v) is 7.23. The van der Waals surface area contributed by atoms with Gasteiger partial charge >= 0.3 is 0 Å². The Balaban J connectivity index is 3.50. The highest BCUT2D eigenvalue weighted by atomic mass is 35.5. The number of hydrogen-bond acceptors (Lipinski definition) is 3. The van der Waals surface area contributed by atoms with Gasteiger partial charge in [0.2, 0.25) is 5.95 Å². The lowest BCUT2D eigenvalue weighted by molar-refractivity contribution is 0.105. The third-order valence-electron chi connectivity index (χ3n) is 1.46. The van der Waals surface area contributed by atoms with Crippen molar-refractivity contribution in [3.05, 3.63) is 23.3 Å². The second kappa shape index (κ2) is 3.83. The van der Waals surface area contributed by atoms with E-state index in [-0.39, 0.29) is 0 Å². The number of hydrogen-bond donors (Lipinski definition) is 1. The summed E-state index contributed by atoms with van der Waals surface area (Å²) in [5, 5.41) is 7.61. The smallest absolute Gasteiger partial charge is 0.269 e. The number of carbonyl (C=O) groups excluding carboxylic acids is 1. The molecule has 1 N–H and O–H groups in total. The minimum Gasteiger partial charge on any atom is -0.506 e. The molecule has 0 aliphatic carbocycles. The van der Waals surface area contributed by atoms with Crippen molar-refractivity contribution in [3.63, 3.8) is 0 Å². The maximum absolute atomic E-state index is 12.7. The molecule has 0 atom stereocenters. The fourth-order valence-corrected chi connectivity index (χ4v) is 1.10. The van der Waals surface area contributed by atoms with Crippen molar-refractivity contribution in [3.8, 4) is 5.75 Å². The molecule has 0 fully saturated rings. The molecule has 1 rings (SSSR count). The number of alkyl halides is 2. The third-order valence-corrected chi connectivity index (χ3v) is 1.65. The van der Waals surface area contributed by atoms with Crippen molar-refractivity contribution in [1.29, 1.82) is 0 Å². The Labute approximate surface area is 81.1 Å². The van der Waals surface area contributed by atoms with Gasteiger partial charge in [0.1, 0.15) is 5.75 Å². The van der Waals surface area contributed by atoms with Crippen LogP contribution in [0.1, 0.15) is 22.3 Å². The van der Waals surface area contributed by atoms with E-state index in [0.717, 1.165) is 0 Å². The van der Waals surface area contributed by atoms with Gasteiger partial charge in [0, 0.05) is 0 Å². The van der Waals surface area contributed by atoms with Gasteiger partial charge < -0.3 is 5.11 Å². The molecule has 1 aromatic heterocycles. The average Bonchev–Trinajstić information content (AvgIpc) is 2.07. The second-order valence-electron chi connectivity index (χ2n) is 2.30. The molecule has 0 radical (unpaired) electrons. The second-order valence-corrected chi connectivity index (χ2v) is 2.64. The van der Waals surface area contributed by atoms with Gasteiger partial charge in [-0.15, -0.1) is 0 Å². The van der Waals surface area contributed by atoms with E-state index in [1.807, 2.05) is 0 Å².